The van der Waals surface area contributed by atoms with Crippen LogP contribution in [0.5, 0.6) is 0 Å². The first-order valence-electron chi connectivity index (χ1n) is 14.1. The van der Waals surface area contributed by atoms with Gasteiger partial charge in [-0.3, -0.25) is 19.9 Å². The minimum absolute atomic E-state index is 0.0132. The third-order valence-corrected chi connectivity index (χ3v) is 9.76. The highest BCUT2D eigenvalue weighted by Crippen LogP contribution is 2.43. The zero-order chi connectivity index (χ0) is 24.2. The number of nitrogens with zero attached hydrogens (tertiary/aromatic N) is 1. The molecule has 0 radical (unpaired) electrons. The van der Waals surface area contributed by atoms with Gasteiger partial charge < -0.3 is 16.8 Å². The van der Waals surface area contributed by atoms with Gasteiger partial charge in [0.05, 0.1) is 11.9 Å². The van der Waals surface area contributed by atoms with E-state index in [4.69, 9.17) is 16.9 Å². The third kappa shape index (κ3) is 5.77. The highest BCUT2D eigenvalue weighted by Gasteiger charge is 2.48. The maximum absolute atomic E-state index is 13.7. The third-order valence-electron chi connectivity index (χ3n) is 9.76. The van der Waals surface area contributed by atoms with Crippen molar-refractivity contribution >= 4 is 17.6 Å². The molecule has 0 aromatic rings. The van der Waals surface area contributed by atoms with Crippen LogP contribution in [-0.2, 0) is 9.59 Å². The van der Waals surface area contributed by atoms with E-state index in [1.54, 1.807) is 0 Å². The lowest BCUT2D eigenvalue weighted by Gasteiger charge is -2.40. The molecule has 3 saturated carbocycles. The van der Waals surface area contributed by atoms with Crippen molar-refractivity contribution in [3.63, 3.8) is 0 Å². The van der Waals surface area contributed by atoms with Crippen molar-refractivity contribution in [2.45, 2.75) is 115 Å². The second-order valence-corrected chi connectivity index (χ2v) is 11.8. The van der Waals surface area contributed by atoms with E-state index in [0.717, 1.165) is 64.3 Å². The minimum atomic E-state index is -0.165. The van der Waals surface area contributed by atoms with Crippen LogP contribution >= 0.6 is 0 Å². The van der Waals surface area contributed by atoms with E-state index < -0.39 is 0 Å². The maximum Gasteiger partial charge on any atom is 0.237 e. The Morgan fingerprint density at radius 2 is 1.62 bits per heavy atom. The topological polar surface area (TPSA) is 125 Å². The molecule has 0 aromatic carbocycles. The van der Waals surface area contributed by atoms with E-state index in [0.29, 0.717) is 29.6 Å². The van der Waals surface area contributed by atoms with E-state index >= 15 is 0 Å². The van der Waals surface area contributed by atoms with Gasteiger partial charge in [-0.15, -0.1) is 0 Å². The number of carbonyl (C=O) groups is 2. The summed E-state index contributed by atoms with van der Waals surface area (Å²) in [6.45, 7) is 3.12. The lowest BCUT2D eigenvalue weighted by Crippen LogP contribution is -2.52. The summed E-state index contributed by atoms with van der Waals surface area (Å²) < 4.78 is 0. The standard InChI is InChI=1S/C27H47N5O2/c1-2-22(18-6-4-3-5-7-18)31-27(34)24-14-20-12-13-21(25(28)29)15-23(20)32(24)16-17-8-10-19(11-9-17)26(30)33/h17-24H,2-16H2,1H3,(H3,28,29)(H2,30,33)(H,31,34)/t17?,19?,20?,21?,22-,23?,24?/m1/s1. The number of amidine groups is 1. The highest BCUT2D eigenvalue weighted by atomic mass is 16.2. The fourth-order valence-corrected chi connectivity index (χ4v) is 7.64. The van der Waals surface area contributed by atoms with E-state index in [9.17, 15) is 9.59 Å². The first-order chi connectivity index (χ1) is 16.4. The fourth-order valence-electron chi connectivity index (χ4n) is 7.64. The van der Waals surface area contributed by atoms with Gasteiger partial charge in [0.1, 0.15) is 0 Å². The predicted octanol–water partition coefficient (Wildman–Crippen LogP) is 3.55. The fraction of sp³-hybridized carbons (Fsp3) is 0.889. The predicted molar refractivity (Wildman–Crippen MR) is 135 cm³/mol. The number of amides is 2. The van der Waals surface area contributed by atoms with Gasteiger partial charge in [0.2, 0.25) is 11.8 Å². The zero-order valence-electron chi connectivity index (χ0n) is 21.1. The number of hydrogen-bond donors (Lipinski definition) is 4. The molecule has 0 spiro atoms. The largest absolute Gasteiger partial charge is 0.387 e. The van der Waals surface area contributed by atoms with Crippen molar-refractivity contribution in [3.8, 4) is 0 Å². The van der Waals surface area contributed by atoms with Gasteiger partial charge in [0.15, 0.2) is 0 Å². The SMILES string of the molecule is CC[C@@H](NC(=O)C1CC2CCC(C(=N)N)CC2N1CC1CCC(C(N)=O)CC1)C1CCCCC1. The molecule has 34 heavy (non-hydrogen) atoms. The summed E-state index contributed by atoms with van der Waals surface area (Å²) in [6.07, 6.45) is 15.0. The van der Waals surface area contributed by atoms with Crippen molar-refractivity contribution in [1.29, 1.82) is 5.41 Å². The quantitative estimate of drug-likeness (QED) is 0.318. The molecular weight excluding hydrogens is 426 g/mol. The Bertz CT molecular complexity index is 729. The van der Waals surface area contributed by atoms with Gasteiger partial charge in [-0.05, 0) is 88.4 Å². The molecule has 4 unspecified atom stereocenters. The first-order valence-corrected chi connectivity index (χ1v) is 14.1. The van der Waals surface area contributed by atoms with E-state index in [2.05, 4.69) is 17.1 Å². The molecule has 1 aliphatic heterocycles. The van der Waals surface area contributed by atoms with Crippen LogP contribution in [-0.4, -0.2) is 47.2 Å². The Balaban J connectivity index is 1.45. The Morgan fingerprint density at radius 1 is 0.941 bits per heavy atom. The summed E-state index contributed by atoms with van der Waals surface area (Å²) in [5, 5.41) is 11.5. The first kappa shape index (κ1) is 25.5. The number of nitrogens with two attached hydrogens (primary N) is 2. The Hall–Kier alpha value is -1.63. The van der Waals surface area contributed by atoms with Gasteiger partial charge >= 0.3 is 0 Å². The van der Waals surface area contributed by atoms with E-state index in [1.807, 2.05) is 0 Å². The molecule has 0 bridgehead atoms. The number of carbonyl (C=O) groups excluding carboxylic acids is 2. The van der Waals surface area contributed by atoms with Crippen molar-refractivity contribution in [2.75, 3.05) is 6.54 Å². The van der Waals surface area contributed by atoms with Crippen LogP contribution in [0.4, 0.5) is 0 Å². The number of fused-ring (bicyclic) bond motifs is 1. The summed E-state index contributed by atoms with van der Waals surface area (Å²) in [4.78, 5) is 27.8. The maximum atomic E-state index is 13.7. The average Bonchev–Trinajstić information content (AvgIpc) is 3.21. The zero-order valence-corrected chi connectivity index (χ0v) is 21.1. The van der Waals surface area contributed by atoms with Crippen molar-refractivity contribution in [3.05, 3.63) is 0 Å². The Kier molecular flexibility index (Phi) is 8.54. The van der Waals surface area contributed by atoms with Gasteiger partial charge in [-0.1, -0.05) is 26.2 Å². The lowest BCUT2D eigenvalue weighted by molar-refractivity contribution is -0.127. The monoisotopic (exact) mass is 473 g/mol. The Labute approximate surface area is 205 Å². The molecule has 4 fully saturated rings. The average molecular weight is 474 g/mol. The number of hydrogen-bond acceptors (Lipinski definition) is 4. The number of nitrogens with one attached hydrogen (secondary N) is 2. The van der Waals surface area contributed by atoms with Crippen molar-refractivity contribution in [2.24, 2.45) is 41.1 Å². The van der Waals surface area contributed by atoms with Gasteiger partial charge in [-0.25, -0.2) is 0 Å². The molecule has 7 heteroatoms. The second-order valence-electron chi connectivity index (χ2n) is 11.8. The molecule has 0 aromatic heterocycles. The number of primary amides is 1. The van der Waals surface area contributed by atoms with Crippen LogP contribution in [0.1, 0.15) is 96.8 Å². The van der Waals surface area contributed by atoms with E-state index in [-0.39, 0.29) is 35.7 Å². The van der Waals surface area contributed by atoms with Crippen LogP contribution in [0.3, 0.4) is 0 Å². The minimum Gasteiger partial charge on any atom is -0.387 e. The lowest BCUT2D eigenvalue weighted by atomic mass is 9.77. The molecule has 1 saturated heterocycles. The molecule has 4 rings (SSSR count). The molecule has 3 aliphatic carbocycles. The van der Waals surface area contributed by atoms with Gasteiger partial charge in [0, 0.05) is 30.5 Å². The number of likely N-dealkylation sites (tertiary alicyclic amines) is 1. The highest BCUT2D eigenvalue weighted by molar-refractivity contribution is 5.83. The molecule has 5 atom stereocenters. The molecule has 1 heterocycles. The second kappa shape index (κ2) is 11.4. The van der Waals surface area contributed by atoms with E-state index in [1.165, 1.54) is 32.1 Å². The van der Waals surface area contributed by atoms with Crippen LogP contribution in [0.25, 0.3) is 0 Å². The van der Waals surface area contributed by atoms with Gasteiger partial charge in [-0.2, -0.15) is 0 Å². The summed E-state index contributed by atoms with van der Waals surface area (Å²) in [6, 6.07) is 0.544. The van der Waals surface area contributed by atoms with Crippen LogP contribution in [0.2, 0.25) is 0 Å². The smallest absolute Gasteiger partial charge is 0.237 e. The normalized spacial score (nSPS) is 35.9. The van der Waals surface area contributed by atoms with Crippen LogP contribution in [0.15, 0.2) is 0 Å². The van der Waals surface area contributed by atoms with Crippen LogP contribution < -0.4 is 16.8 Å². The van der Waals surface area contributed by atoms with Gasteiger partial charge in [0.25, 0.3) is 0 Å². The van der Waals surface area contributed by atoms with Crippen LogP contribution in [0, 0.1) is 35.0 Å². The summed E-state index contributed by atoms with van der Waals surface area (Å²) in [5.41, 5.74) is 11.5. The molecule has 4 aliphatic rings. The molecule has 2 amide bonds. The summed E-state index contributed by atoms with van der Waals surface area (Å²) >= 11 is 0. The molecule has 7 nitrogen and oxygen atoms in total. The van der Waals surface area contributed by atoms with Crippen molar-refractivity contribution in [1.82, 2.24) is 10.2 Å². The Morgan fingerprint density at radius 3 is 2.24 bits per heavy atom. The molecular formula is C27H47N5O2. The molecule has 6 N–H and O–H groups in total. The number of rotatable bonds is 8. The summed E-state index contributed by atoms with van der Waals surface area (Å²) in [5.74, 6) is 2.15. The summed E-state index contributed by atoms with van der Waals surface area (Å²) in [7, 11) is 0. The van der Waals surface area contributed by atoms with Crippen molar-refractivity contribution < 1.29 is 9.59 Å². The molecule has 192 valence electrons.